The third-order valence-electron chi connectivity index (χ3n) is 3.15. The van der Waals surface area contributed by atoms with E-state index in [0.717, 1.165) is 16.7 Å². The predicted molar refractivity (Wildman–Crippen MR) is 83.0 cm³/mol. The summed E-state index contributed by atoms with van der Waals surface area (Å²) in [6, 6.07) is 17.8. The first-order valence-corrected chi connectivity index (χ1v) is 6.98. The maximum atomic E-state index is 6.56. The van der Waals surface area contributed by atoms with E-state index in [9.17, 15) is 0 Å². The maximum Gasteiger partial charge on any atom is 0.200 e. The van der Waals surface area contributed by atoms with E-state index in [1.807, 2.05) is 54.6 Å². The number of H-pyrrole nitrogens is 1. The van der Waals surface area contributed by atoms with Gasteiger partial charge in [0.05, 0.1) is 0 Å². The molecule has 100 valence electrons. The molecule has 0 aliphatic carbocycles. The molecule has 2 nitrogen and oxygen atoms in total. The average Bonchev–Trinajstić information content (AvgIpc) is 3.03. The van der Waals surface area contributed by atoms with Gasteiger partial charge in [-0.2, -0.15) is 0 Å². The summed E-state index contributed by atoms with van der Waals surface area (Å²) in [4.78, 5) is 7.16. The lowest BCUT2D eigenvalue weighted by atomic mass is 9.97. The topological polar surface area (TPSA) is 28.7 Å². The number of aromatic nitrogens is 2. The number of nitrogens with zero attached hydrogens (tertiary/aromatic N) is 1. The summed E-state index contributed by atoms with van der Waals surface area (Å²) >= 11 is 13.1. The lowest BCUT2D eigenvalue weighted by molar-refractivity contribution is 0.922. The molecule has 0 spiro atoms. The average molecular weight is 303 g/mol. The first-order valence-electron chi connectivity index (χ1n) is 6.22. The molecular formula is C16H12Cl2N2. The quantitative estimate of drug-likeness (QED) is 0.695. The van der Waals surface area contributed by atoms with Crippen molar-refractivity contribution >= 4 is 23.2 Å². The van der Waals surface area contributed by atoms with Gasteiger partial charge in [0.25, 0.3) is 0 Å². The molecule has 1 N–H and O–H groups in total. The monoisotopic (exact) mass is 302 g/mol. The summed E-state index contributed by atoms with van der Waals surface area (Å²) in [6.07, 6.45) is 3.35. The third kappa shape index (κ3) is 2.33. The molecule has 1 heterocycles. The second kappa shape index (κ2) is 5.31. The fourth-order valence-electron chi connectivity index (χ4n) is 2.19. The van der Waals surface area contributed by atoms with Gasteiger partial charge in [0.15, 0.2) is 0 Å². The summed E-state index contributed by atoms with van der Waals surface area (Å²) in [5, 5.41) is 0. The van der Waals surface area contributed by atoms with Gasteiger partial charge in [-0.25, -0.2) is 4.98 Å². The van der Waals surface area contributed by atoms with E-state index in [2.05, 4.69) is 9.97 Å². The second-order valence-electron chi connectivity index (χ2n) is 4.42. The smallest absolute Gasteiger partial charge is 0.200 e. The Hall–Kier alpha value is -1.77. The number of hydrogen-bond acceptors (Lipinski definition) is 1. The molecule has 0 saturated carbocycles. The second-order valence-corrected chi connectivity index (χ2v) is 5.75. The molecule has 20 heavy (non-hydrogen) atoms. The molecule has 0 aliphatic rings. The maximum absolute atomic E-state index is 6.56. The minimum Gasteiger partial charge on any atom is -0.346 e. The van der Waals surface area contributed by atoms with Gasteiger partial charge in [-0.1, -0.05) is 77.8 Å². The van der Waals surface area contributed by atoms with Crippen molar-refractivity contribution in [3.63, 3.8) is 0 Å². The normalized spacial score (nSPS) is 11.5. The molecule has 1 aromatic heterocycles. The minimum absolute atomic E-state index is 0.518. The van der Waals surface area contributed by atoms with E-state index in [4.69, 9.17) is 23.2 Å². The fraction of sp³-hybridized carbons (Fsp3) is 0.0625. The Morgan fingerprint density at radius 1 is 0.900 bits per heavy atom. The van der Waals surface area contributed by atoms with Crippen LogP contribution in [0.2, 0.25) is 0 Å². The number of rotatable bonds is 3. The van der Waals surface area contributed by atoms with Crippen LogP contribution in [0.25, 0.3) is 11.1 Å². The number of halogens is 2. The van der Waals surface area contributed by atoms with Crippen molar-refractivity contribution in [1.29, 1.82) is 0 Å². The van der Waals surface area contributed by atoms with E-state index < -0.39 is 4.33 Å². The zero-order valence-corrected chi connectivity index (χ0v) is 12.1. The molecule has 3 aromatic rings. The Bertz CT molecular complexity index is 692. The van der Waals surface area contributed by atoms with Crippen molar-refractivity contribution < 1.29 is 0 Å². The summed E-state index contributed by atoms with van der Waals surface area (Å²) < 4.78 is -1.21. The lowest BCUT2D eigenvalue weighted by Crippen LogP contribution is -2.15. The standard InChI is InChI=1S/C16H12Cl2N2/c17-16(18,15-19-10-11-20-15)14-9-5-4-8-13(14)12-6-2-1-3-7-12/h1-11H,(H,19,20). The van der Waals surface area contributed by atoms with Crippen molar-refractivity contribution in [3.8, 4) is 11.1 Å². The SMILES string of the molecule is ClC(Cl)(c1ncc[nH]1)c1ccccc1-c1ccccc1. The van der Waals surface area contributed by atoms with Gasteiger partial charge in [0.2, 0.25) is 4.33 Å². The Labute approximate surface area is 127 Å². The summed E-state index contributed by atoms with van der Waals surface area (Å²) in [5.41, 5.74) is 2.87. The molecule has 3 rings (SSSR count). The van der Waals surface area contributed by atoms with Gasteiger partial charge in [0, 0.05) is 18.0 Å². The number of nitrogens with one attached hydrogen (secondary N) is 1. The van der Waals surface area contributed by atoms with Gasteiger partial charge < -0.3 is 4.98 Å². The van der Waals surface area contributed by atoms with Crippen LogP contribution in [0, 0.1) is 0 Å². The summed E-state index contributed by atoms with van der Waals surface area (Å²) in [7, 11) is 0. The van der Waals surface area contributed by atoms with Gasteiger partial charge >= 0.3 is 0 Å². The molecule has 0 aliphatic heterocycles. The lowest BCUT2D eigenvalue weighted by Gasteiger charge is -2.21. The fourth-order valence-corrected chi connectivity index (χ4v) is 2.73. The van der Waals surface area contributed by atoms with E-state index >= 15 is 0 Å². The molecule has 2 aromatic carbocycles. The van der Waals surface area contributed by atoms with Crippen LogP contribution in [0.3, 0.4) is 0 Å². The van der Waals surface area contributed by atoms with Crippen LogP contribution in [0.4, 0.5) is 0 Å². The Morgan fingerprint density at radius 3 is 2.30 bits per heavy atom. The first-order chi connectivity index (χ1) is 9.69. The summed E-state index contributed by atoms with van der Waals surface area (Å²) in [5.74, 6) is 0.518. The molecule has 4 heteroatoms. The molecule has 0 radical (unpaired) electrons. The van der Waals surface area contributed by atoms with Gasteiger partial charge in [-0.3, -0.25) is 0 Å². The first kappa shape index (κ1) is 13.2. The highest BCUT2D eigenvalue weighted by atomic mass is 35.5. The third-order valence-corrected chi connectivity index (χ3v) is 3.91. The number of alkyl halides is 2. The highest BCUT2D eigenvalue weighted by Crippen LogP contribution is 2.43. The van der Waals surface area contributed by atoms with Crippen molar-refractivity contribution in [3.05, 3.63) is 78.4 Å². The van der Waals surface area contributed by atoms with E-state index in [1.54, 1.807) is 12.4 Å². The predicted octanol–water partition coefficient (Wildman–Crippen LogP) is 4.76. The minimum atomic E-state index is -1.21. The van der Waals surface area contributed by atoms with Crippen molar-refractivity contribution in [2.45, 2.75) is 4.33 Å². The number of hydrogen-bond donors (Lipinski definition) is 1. The Kier molecular flexibility index (Phi) is 3.51. The van der Waals surface area contributed by atoms with Crippen LogP contribution in [0.1, 0.15) is 11.4 Å². The van der Waals surface area contributed by atoms with Crippen LogP contribution < -0.4 is 0 Å². The van der Waals surface area contributed by atoms with Crippen LogP contribution in [-0.4, -0.2) is 9.97 Å². The van der Waals surface area contributed by atoms with Crippen LogP contribution in [0.5, 0.6) is 0 Å². The number of aromatic amines is 1. The zero-order chi connectivity index (χ0) is 14.0. The van der Waals surface area contributed by atoms with Crippen molar-refractivity contribution in [1.82, 2.24) is 9.97 Å². The zero-order valence-electron chi connectivity index (χ0n) is 10.6. The Balaban J connectivity index is 2.16. The van der Waals surface area contributed by atoms with Crippen molar-refractivity contribution in [2.75, 3.05) is 0 Å². The van der Waals surface area contributed by atoms with Crippen LogP contribution >= 0.6 is 23.2 Å². The van der Waals surface area contributed by atoms with Gasteiger partial charge in [0.1, 0.15) is 5.82 Å². The largest absolute Gasteiger partial charge is 0.346 e. The molecule has 0 fully saturated rings. The molecule has 0 amide bonds. The highest BCUT2D eigenvalue weighted by molar-refractivity contribution is 6.50. The van der Waals surface area contributed by atoms with E-state index in [0.29, 0.717) is 5.82 Å². The number of imidazole rings is 1. The number of benzene rings is 2. The highest BCUT2D eigenvalue weighted by Gasteiger charge is 2.34. The van der Waals surface area contributed by atoms with E-state index in [1.165, 1.54) is 0 Å². The van der Waals surface area contributed by atoms with Gasteiger partial charge in [-0.15, -0.1) is 0 Å². The van der Waals surface area contributed by atoms with Crippen LogP contribution in [-0.2, 0) is 4.33 Å². The van der Waals surface area contributed by atoms with Crippen LogP contribution in [0.15, 0.2) is 67.0 Å². The molecule has 0 unspecified atom stereocenters. The summed E-state index contributed by atoms with van der Waals surface area (Å²) in [6.45, 7) is 0. The van der Waals surface area contributed by atoms with E-state index in [-0.39, 0.29) is 0 Å². The Morgan fingerprint density at radius 2 is 1.60 bits per heavy atom. The molecular weight excluding hydrogens is 291 g/mol. The molecule has 0 saturated heterocycles. The molecule has 0 bridgehead atoms. The van der Waals surface area contributed by atoms with Gasteiger partial charge in [-0.05, 0) is 11.1 Å². The molecule has 0 atom stereocenters. The van der Waals surface area contributed by atoms with Crippen molar-refractivity contribution in [2.24, 2.45) is 0 Å².